The highest BCUT2D eigenvalue weighted by atomic mass is 28.4. The van der Waals surface area contributed by atoms with Crippen molar-refractivity contribution in [2.24, 2.45) is 0 Å². The predicted octanol–water partition coefficient (Wildman–Crippen LogP) is 2.52. The molecule has 0 radical (unpaired) electrons. The van der Waals surface area contributed by atoms with E-state index < -0.39 is 37.7 Å². The van der Waals surface area contributed by atoms with Crippen molar-refractivity contribution >= 4 is 8.32 Å². The van der Waals surface area contributed by atoms with E-state index in [9.17, 15) is 9.59 Å². The van der Waals surface area contributed by atoms with Crippen LogP contribution in [0.3, 0.4) is 0 Å². The maximum absolute atomic E-state index is 12.4. The number of hydrogen-bond acceptors (Lipinski definition) is 5. The largest absolute Gasteiger partial charge is 0.395 e. The van der Waals surface area contributed by atoms with Gasteiger partial charge in [0.15, 0.2) is 20.3 Å². The maximum Gasteiger partial charge on any atom is 0.330 e. The monoisotopic (exact) mass is 370 g/mol. The molecule has 0 saturated carbocycles. The number of nitrogens with zero attached hydrogens (tertiary/aromatic N) is 1. The molecule has 0 aliphatic carbocycles. The molecule has 2 rings (SSSR count). The van der Waals surface area contributed by atoms with Gasteiger partial charge >= 0.3 is 5.69 Å². The number of aromatic amines is 1. The van der Waals surface area contributed by atoms with Crippen molar-refractivity contribution in [3.8, 4) is 0 Å². The Kier molecular flexibility index (Phi) is 5.22. The van der Waals surface area contributed by atoms with Crippen molar-refractivity contribution in [1.29, 1.82) is 0 Å². The molecule has 1 aromatic heterocycles. The Morgan fingerprint density at radius 3 is 2.44 bits per heavy atom. The Morgan fingerprint density at radius 2 is 1.96 bits per heavy atom. The van der Waals surface area contributed by atoms with E-state index in [2.05, 4.69) is 38.8 Å². The van der Waals surface area contributed by atoms with Gasteiger partial charge in [0, 0.05) is 11.8 Å². The predicted molar refractivity (Wildman–Crippen MR) is 98.3 cm³/mol. The standard InChI is InChI=1S/C17H30N2O5Si/c1-11-9-19(15(21)18-13(11)20)14(12-10-22-17(5,6)23-12)24-25(7,8)16(2,3)4/h9,12,14H,10H2,1-8H3,(H,18,20,21)/t12-,14-/m1/s1. The number of ether oxygens (including phenoxy) is 2. The zero-order valence-corrected chi connectivity index (χ0v) is 17.4. The first-order valence-electron chi connectivity index (χ1n) is 8.55. The SMILES string of the molecule is Cc1cn([C@H](O[Si](C)(C)C(C)(C)C)[C@H]2COC(C)(C)O2)c(=O)[nH]c1=O. The molecule has 0 amide bonds. The van der Waals surface area contributed by atoms with Gasteiger partial charge in [0.25, 0.3) is 5.56 Å². The fraction of sp³-hybridized carbons (Fsp3) is 0.765. The van der Waals surface area contributed by atoms with Crippen LogP contribution in [0.1, 0.15) is 46.4 Å². The van der Waals surface area contributed by atoms with E-state index >= 15 is 0 Å². The zero-order valence-electron chi connectivity index (χ0n) is 16.4. The van der Waals surface area contributed by atoms with Crippen LogP contribution in [0, 0.1) is 6.92 Å². The third-order valence-corrected chi connectivity index (χ3v) is 9.43. The molecule has 2 heterocycles. The highest BCUT2D eigenvalue weighted by Gasteiger charge is 2.45. The van der Waals surface area contributed by atoms with Gasteiger partial charge in [-0.25, -0.2) is 4.79 Å². The fourth-order valence-electron chi connectivity index (χ4n) is 2.42. The van der Waals surface area contributed by atoms with E-state index in [0.29, 0.717) is 12.2 Å². The molecule has 2 atom stereocenters. The molecule has 1 aromatic rings. The molecular weight excluding hydrogens is 340 g/mol. The molecular formula is C17H30N2O5Si. The summed E-state index contributed by atoms with van der Waals surface area (Å²) < 4.78 is 19.6. The minimum absolute atomic E-state index is 0.0406. The average molecular weight is 371 g/mol. The third kappa shape index (κ3) is 4.31. The molecule has 0 aromatic carbocycles. The normalized spacial score (nSPS) is 22.2. The second-order valence-electron chi connectivity index (χ2n) is 8.61. The smallest absolute Gasteiger partial charge is 0.330 e. The molecule has 25 heavy (non-hydrogen) atoms. The summed E-state index contributed by atoms with van der Waals surface area (Å²) in [6, 6.07) is 0. The molecule has 0 bridgehead atoms. The van der Waals surface area contributed by atoms with Crippen LogP contribution >= 0.6 is 0 Å². The van der Waals surface area contributed by atoms with E-state index in [1.807, 2.05) is 13.8 Å². The van der Waals surface area contributed by atoms with Crippen LogP contribution < -0.4 is 11.2 Å². The summed E-state index contributed by atoms with van der Waals surface area (Å²) >= 11 is 0. The van der Waals surface area contributed by atoms with Crippen LogP contribution in [0.5, 0.6) is 0 Å². The van der Waals surface area contributed by atoms with E-state index in [0.717, 1.165) is 0 Å². The van der Waals surface area contributed by atoms with Crippen molar-refractivity contribution in [1.82, 2.24) is 9.55 Å². The second-order valence-corrected chi connectivity index (χ2v) is 13.4. The van der Waals surface area contributed by atoms with Gasteiger partial charge in [0.2, 0.25) is 0 Å². The molecule has 0 spiro atoms. The summed E-state index contributed by atoms with van der Waals surface area (Å²) in [6.45, 7) is 16.3. The molecule has 1 aliphatic heterocycles. The zero-order chi connectivity index (χ0) is 19.2. The van der Waals surface area contributed by atoms with Gasteiger partial charge in [-0.1, -0.05) is 20.8 Å². The van der Waals surface area contributed by atoms with Gasteiger partial charge in [-0.05, 0) is 38.9 Å². The fourth-order valence-corrected chi connectivity index (χ4v) is 3.64. The lowest BCUT2D eigenvalue weighted by Gasteiger charge is -2.40. The number of aromatic nitrogens is 2. The van der Waals surface area contributed by atoms with Crippen LogP contribution in [0.2, 0.25) is 18.1 Å². The molecule has 142 valence electrons. The first-order valence-corrected chi connectivity index (χ1v) is 11.5. The van der Waals surface area contributed by atoms with Gasteiger partial charge in [0.1, 0.15) is 6.10 Å². The van der Waals surface area contributed by atoms with Crippen LogP contribution in [0.25, 0.3) is 0 Å². The first-order chi connectivity index (χ1) is 11.2. The minimum Gasteiger partial charge on any atom is -0.395 e. The first kappa shape index (κ1) is 20.1. The molecule has 1 fully saturated rings. The Hall–Kier alpha value is -1.22. The average Bonchev–Trinajstić information content (AvgIpc) is 2.79. The van der Waals surface area contributed by atoms with Crippen molar-refractivity contribution in [3.05, 3.63) is 32.6 Å². The van der Waals surface area contributed by atoms with Crippen molar-refractivity contribution < 1.29 is 13.9 Å². The molecule has 1 aliphatic rings. The van der Waals surface area contributed by atoms with E-state index in [4.69, 9.17) is 13.9 Å². The lowest BCUT2D eigenvalue weighted by atomic mass is 10.2. The minimum atomic E-state index is -2.21. The van der Waals surface area contributed by atoms with Gasteiger partial charge < -0.3 is 13.9 Å². The molecule has 1 N–H and O–H groups in total. The Bertz CT molecular complexity index is 745. The number of rotatable bonds is 4. The Balaban J connectivity index is 2.49. The van der Waals surface area contributed by atoms with Crippen LogP contribution in [-0.4, -0.2) is 36.4 Å². The highest BCUT2D eigenvalue weighted by Crippen LogP contribution is 2.40. The summed E-state index contributed by atoms with van der Waals surface area (Å²) in [5, 5.41) is -0.0406. The van der Waals surface area contributed by atoms with E-state index in [-0.39, 0.29) is 5.04 Å². The number of H-pyrrole nitrogens is 1. The van der Waals surface area contributed by atoms with Crippen molar-refractivity contribution in [2.75, 3.05) is 6.61 Å². The van der Waals surface area contributed by atoms with Gasteiger partial charge in [-0.3, -0.25) is 14.3 Å². The van der Waals surface area contributed by atoms with E-state index in [1.54, 1.807) is 6.92 Å². The summed E-state index contributed by atoms with van der Waals surface area (Å²) in [5.41, 5.74) is -0.453. The van der Waals surface area contributed by atoms with Crippen molar-refractivity contribution in [3.63, 3.8) is 0 Å². The van der Waals surface area contributed by atoms with Gasteiger partial charge in [-0.15, -0.1) is 0 Å². The lowest BCUT2D eigenvalue weighted by Crippen LogP contribution is -2.48. The summed E-state index contributed by atoms with van der Waals surface area (Å²) in [5.74, 6) is -0.736. The number of nitrogens with one attached hydrogen (secondary N) is 1. The topological polar surface area (TPSA) is 82.6 Å². The van der Waals surface area contributed by atoms with Crippen LogP contribution in [0.15, 0.2) is 15.8 Å². The quantitative estimate of drug-likeness (QED) is 0.824. The Morgan fingerprint density at radius 1 is 1.36 bits per heavy atom. The third-order valence-electron chi connectivity index (χ3n) is 4.99. The van der Waals surface area contributed by atoms with Crippen LogP contribution in [-0.2, 0) is 13.9 Å². The van der Waals surface area contributed by atoms with Gasteiger partial charge in [0.05, 0.1) is 6.61 Å². The summed E-state index contributed by atoms with van der Waals surface area (Å²) in [6.07, 6.45) is 0.436. The maximum atomic E-state index is 12.4. The van der Waals surface area contributed by atoms with Crippen molar-refractivity contribution in [2.45, 2.75) is 77.8 Å². The molecule has 1 saturated heterocycles. The summed E-state index contributed by atoms with van der Waals surface area (Å²) in [7, 11) is -2.21. The van der Waals surface area contributed by atoms with E-state index in [1.165, 1.54) is 10.8 Å². The number of hydrogen-bond donors (Lipinski definition) is 1. The highest BCUT2D eigenvalue weighted by molar-refractivity contribution is 6.74. The lowest BCUT2D eigenvalue weighted by molar-refractivity contribution is -0.157. The van der Waals surface area contributed by atoms with Gasteiger partial charge in [-0.2, -0.15) is 0 Å². The Labute approximate surface area is 149 Å². The second kappa shape index (κ2) is 6.50. The molecule has 7 nitrogen and oxygen atoms in total. The molecule has 8 heteroatoms. The number of aryl methyl sites for hydroxylation is 1. The molecule has 0 unspecified atom stereocenters. The summed E-state index contributed by atoms with van der Waals surface area (Å²) in [4.78, 5) is 26.5. The van der Waals surface area contributed by atoms with Crippen LogP contribution in [0.4, 0.5) is 0 Å².